The second-order valence-electron chi connectivity index (χ2n) is 6.29. The Hall–Kier alpha value is -2.27. The maximum atomic E-state index is 12.8. The van der Waals surface area contributed by atoms with E-state index >= 15 is 0 Å². The largest absolute Gasteiger partial charge is 0.357 e. The number of rotatable bonds is 5. The first-order valence-electron chi connectivity index (χ1n) is 8.60. The number of piperazine rings is 1. The average molecular weight is 360 g/mol. The molecule has 0 bridgehead atoms. The Morgan fingerprint density at radius 2 is 2.04 bits per heavy atom. The number of anilines is 1. The lowest BCUT2D eigenvalue weighted by Gasteiger charge is -2.41. The Kier molecular flexibility index (Phi) is 5.43. The summed E-state index contributed by atoms with van der Waals surface area (Å²) in [5, 5.41) is 0.638. The summed E-state index contributed by atoms with van der Waals surface area (Å²) in [6.07, 6.45) is 4.66. The van der Waals surface area contributed by atoms with E-state index in [1.54, 1.807) is 40.3 Å². The van der Waals surface area contributed by atoms with Gasteiger partial charge >= 0.3 is 0 Å². The third-order valence-corrected chi connectivity index (χ3v) is 4.81. The molecule has 1 atom stereocenters. The molecule has 1 saturated heterocycles. The standard InChI is InChI=1S/C19H22ClN3O2/c1-2-3-5-16-12-22(15-9-7-14(20)8-10-15)18(24)13-23(16)19(25)17-6-4-11-21-17/h4,6-11,16,21H,2-3,5,12-13H2,1H3/t16-/m0/s1. The van der Waals surface area contributed by atoms with E-state index in [1.807, 2.05) is 12.1 Å². The number of carbonyl (C=O) groups excluding carboxylic acids is 2. The van der Waals surface area contributed by atoms with E-state index in [-0.39, 0.29) is 24.4 Å². The van der Waals surface area contributed by atoms with Gasteiger partial charge in [-0.1, -0.05) is 31.4 Å². The minimum absolute atomic E-state index is 0.00382. The Bertz CT molecular complexity index is 728. The summed E-state index contributed by atoms with van der Waals surface area (Å²) in [7, 11) is 0. The van der Waals surface area contributed by atoms with Crippen LogP contribution in [0.5, 0.6) is 0 Å². The summed E-state index contributed by atoms with van der Waals surface area (Å²) in [5.74, 6) is -0.190. The lowest BCUT2D eigenvalue weighted by Crippen LogP contribution is -2.58. The normalized spacial score (nSPS) is 17.8. The van der Waals surface area contributed by atoms with E-state index in [4.69, 9.17) is 11.6 Å². The molecular weight excluding hydrogens is 338 g/mol. The van der Waals surface area contributed by atoms with Crippen LogP contribution in [0, 0.1) is 0 Å². The first-order chi connectivity index (χ1) is 12.1. The number of carbonyl (C=O) groups is 2. The number of aromatic nitrogens is 1. The zero-order valence-corrected chi connectivity index (χ0v) is 15.0. The van der Waals surface area contributed by atoms with E-state index in [0.717, 1.165) is 24.9 Å². The van der Waals surface area contributed by atoms with E-state index in [0.29, 0.717) is 17.3 Å². The van der Waals surface area contributed by atoms with Gasteiger partial charge in [0.25, 0.3) is 5.91 Å². The van der Waals surface area contributed by atoms with Gasteiger partial charge in [0.05, 0.1) is 6.04 Å². The van der Waals surface area contributed by atoms with Crippen LogP contribution in [0.3, 0.4) is 0 Å². The van der Waals surface area contributed by atoms with Gasteiger partial charge in [0, 0.05) is 23.5 Å². The van der Waals surface area contributed by atoms with Gasteiger partial charge in [0.2, 0.25) is 5.91 Å². The third kappa shape index (κ3) is 3.87. The van der Waals surface area contributed by atoms with Crippen LogP contribution in [0.25, 0.3) is 0 Å². The fraction of sp³-hybridized carbons (Fsp3) is 0.368. The van der Waals surface area contributed by atoms with Gasteiger partial charge in [-0.3, -0.25) is 9.59 Å². The number of hydrogen-bond acceptors (Lipinski definition) is 2. The van der Waals surface area contributed by atoms with Crippen molar-refractivity contribution in [2.75, 3.05) is 18.0 Å². The van der Waals surface area contributed by atoms with Crippen LogP contribution >= 0.6 is 11.6 Å². The number of nitrogens with zero attached hydrogens (tertiary/aromatic N) is 2. The lowest BCUT2D eigenvalue weighted by molar-refractivity contribution is -0.121. The number of aromatic amines is 1. The minimum atomic E-state index is -0.116. The molecule has 1 aromatic heterocycles. The van der Waals surface area contributed by atoms with Crippen molar-refractivity contribution in [3.8, 4) is 0 Å². The van der Waals surface area contributed by atoms with Crippen LogP contribution in [0.2, 0.25) is 5.02 Å². The van der Waals surface area contributed by atoms with Crippen LogP contribution in [-0.4, -0.2) is 40.8 Å². The summed E-state index contributed by atoms with van der Waals surface area (Å²) in [4.78, 5) is 31.9. The molecule has 1 N–H and O–H groups in total. The van der Waals surface area contributed by atoms with Crippen LogP contribution in [-0.2, 0) is 4.79 Å². The maximum Gasteiger partial charge on any atom is 0.271 e. The molecule has 25 heavy (non-hydrogen) atoms. The summed E-state index contributed by atoms with van der Waals surface area (Å²) < 4.78 is 0. The van der Waals surface area contributed by atoms with Crippen molar-refractivity contribution in [1.82, 2.24) is 9.88 Å². The van der Waals surface area contributed by atoms with E-state index < -0.39 is 0 Å². The van der Waals surface area contributed by atoms with Gasteiger partial charge in [0.15, 0.2) is 0 Å². The number of nitrogens with one attached hydrogen (secondary N) is 1. The van der Waals surface area contributed by atoms with E-state index in [9.17, 15) is 9.59 Å². The smallest absolute Gasteiger partial charge is 0.271 e. The van der Waals surface area contributed by atoms with E-state index in [2.05, 4.69) is 11.9 Å². The average Bonchev–Trinajstić information content (AvgIpc) is 3.15. The Balaban J connectivity index is 1.82. The molecule has 0 spiro atoms. The van der Waals surface area contributed by atoms with Crippen LogP contribution in [0.1, 0.15) is 36.7 Å². The van der Waals surface area contributed by atoms with Crippen molar-refractivity contribution in [3.63, 3.8) is 0 Å². The molecule has 2 aromatic rings. The SMILES string of the molecule is CCCC[C@H]1CN(c2ccc(Cl)cc2)C(=O)CN1C(=O)c1ccc[nH]1. The second-order valence-corrected chi connectivity index (χ2v) is 6.73. The number of benzene rings is 1. The fourth-order valence-corrected chi connectivity index (χ4v) is 3.31. The molecule has 132 valence electrons. The van der Waals surface area contributed by atoms with Gasteiger partial charge in [-0.25, -0.2) is 0 Å². The van der Waals surface area contributed by atoms with Gasteiger partial charge in [0.1, 0.15) is 12.2 Å². The van der Waals surface area contributed by atoms with Crippen LogP contribution in [0.4, 0.5) is 5.69 Å². The Labute approximate surface area is 152 Å². The molecule has 2 amide bonds. The zero-order chi connectivity index (χ0) is 17.8. The molecule has 3 rings (SSSR count). The predicted molar refractivity (Wildman–Crippen MR) is 98.9 cm³/mol. The second kappa shape index (κ2) is 7.74. The molecule has 6 heteroatoms. The highest BCUT2D eigenvalue weighted by molar-refractivity contribution is 6.30. The molecule has 0 saturated carbocycles. The first-order valence-corrected chi connectivity index (χ1v) is 8.98. The molecule has 0 radical (unpaired) electrons. The quantitative estimate of drug-likeness (QED) is 0.884. The maximum absolute atomic E-state index is 12.8. The zero-order valence-electron chi connectivity index (χ0n) is 14.2. The number of H-pyrrole nitrogens is 1. The number of halogens is 1. The third-order valence-electron chi connectivity index (χ3n) is 4.56. The van der Waals surface area contributed by atoms with Crippen molar-refractivity contribution in [3.05, 3.63) is 53.3 Å². The lowest BCUT2D eigenvalue weighted by atomic mass is 10.0. The summed E-state index contributed by atoms with van der Waals surface area (Å²) in [6.45, 7) is 2.73. The molecule has 2 heterocycles. The molecule has 1 aliphatic rings. The van der Waals surface area contributed by atoms with E-state index in [1.165, 1.54) is 0 Å². The topological polar surface area (TPSA) is 56.4 Å². The molecule has 1 aromatic carbocycles. The molecule has 5 nitrogen and oxygen atoms in total. The van der Waals surface area contributed by atoms with Crippen molar-refractivity contribution in [2.45, 2.75) is 32.2 Å². The molecular formula is C19H22ClN3O2. The van der Waals surface area contributed by atoms with Gasteiger partial charge in [-0.15, -0.1) is 0 Å². The van der Waals surface area contributed by atoms with Gasteiger partial charge < -0.3 is 14.8 Å². The minimum Gasteiger partial charge on any atom is -0.357 e. The summed E-state index contributed by atoms with van der Waals surface area (Å²) in [6, 6.07) is 10.8. The highest BCUT2D eigenvalue weighted by atomic mass is 35.5. The highest BCUT2D eigenvalue weighted by Crippen LogP contribution is 2.25. The molecule has 1 fully saturated rings. The van der Waals surface area contributed by atoms with Crippen LogP contribution < -0.4 is 4.90 Å². The summed E-state index contributed by atoms with van der Waals surface area (Å²) in [5.41, 5.74) is 1.34. The molecule has 0 aliphatic carbocycles. The van der Waals surface area contributed by atoms with Crippen molar-refractivity contribution in [2.24, 2.45) is 0 Å². The van der Waals surface area contributed by atoms with Gasteiger partial charge in [-0.2, -0.15) is 0 Å². The fourth-order valence-electron chi connectivity index (χ4n) is 3.18. The highest BCUT2D eigenvalue weighted by Gasteiger charge is 2.35. The summed E-state index contributed by atoms with van der Waals surface area (Å²) >= 11 is 5.95. The number of hydrogen-bond donors (Lipinski definition) is 1. The Morgan fingerprint density at radius 1 is 1.28 bits per heavy atom. The molecule has 1 aliphatic heterocycles. The predicted octanol–water partition coefficient (Wildman–Crippen LogP) is 3.72. The first kappa shape index (κ1) is 17.5. The molecule has 0 unspecified atom stereocenters. The van der Waals surface area contributed by atoms with Gasteiger partial charge in [-0.05, 0) is 42.8 Å². The number of amides is 2. The van der Waals surface area contributed by atoms with Crippen molar-refractivity contribution < 1.29 is 9.59 Å². The number of unbranched alkanes of at least 4 members (excludes halogenated alkanes) is 1. The Morgan fingerprint density at radius 3 is 2.68 bits per heavy atom. The van der Waals surface area contributed by atoms with Crippen molar-refractivity contribution in [1.29, 1.82) is 0 Å². The monoisotopic (exact) mass is 359 g/mol. The van der Waals surface area contributed by atoms with Crippen molar-refractivity contribution >= 4 is 29.1 Å². The van der Waals surface area contributed by atoms with Crippen LogP contribution in [0.15, 0.2) is 42.6 Å².